The van der Waals surface area contributed by atoms with Gasteiger partial charge in [0.25, 0.3) is 0 Å². The van der Waals surface area contributed by atoms with Gasteiger partial charge < -0.3 is 16.5 Å². The van der Waals surface area contributed by atoms with Gasteiger partial charge in [0, 0.05) is 30.4 Å². The normalized spacial score (nSPS) is 18.7. The quantitative estimate of drug-likeness (QED) is 0.717. The molecule has 2 aromatic carbocycles. The minimum Gasteiger partial charge on any atom is -0.399 e. The lowest BCUT2D eigenvalue weighted by molar-refractivity contribution is 0.771. The van der Waals surface area contributed by atoms with Crippen LogP contribution in [0.3, 0.4) is 0 Å². The highest BCUT2D eigenvalue weighted by atomic mass is 15.5. The molecular weight excluding hydrogens is 236 g/mol. The van der Waals surface area contributed by atoms with Crippen LogP contribution in [0.15, 0.2) is 48.5 Å². The van der Waals surface area contributed by atoms with Crippen molar-refractivity contribution in [3.05, 3.63) is 54.1 Å². The maximum atomic E-state index is 5.72. The van der Waals surface area contributed by atoms with E-state index in [1.165, 1.54) is 5.56 Å². The van der Waals surface area contributed by atoms with Crippen LogP contribution in [0, 0.1) is 0 Å². The second-order valence-corrected chi connectivity index (χ2v) is 4.93. The number of anilines is 3. The van der Waals surface area contributed by atoms with Crippen molar-refractivity contribution in [1.82, 2.24) is 5.43 Å². The summed E-state index contributed by atoms with van der Waals surface area (Å²) in [6, 6.07) is 16.0. The number of nitrogens with zero attached hydrogens (tertiary/aromatic N) is 1. The maximum Gasteiger partial charge on any atom is 0.0521 e. The Morgan fingerprint density at radius 2 is 1.47 bits per heavy atom. The molecule has 1 unspecified atom stereocenters. The third-order valence-corrected chi connectivity index (χ3v) is 3.54. The largest absolute Gasteiger partial charge is 0.399 e. The Kier molecular flexibility index (Phi) is 3.01. The Morgan fingerprint density at radius 3 is 2.11 bits per heavy atom. The Balaban J connectivity index is 1.73. The van der Waals surface area contributed by atoms with Crippen LogP contribution in [0.1, 0.15) is 11.5 Å². The van der Waals surface area contributed by atoms with Crippen LogP contribution in [0.25, 0.3) is 0 Å². The predicted molar refractivity (Wildman–Crippen MR) is 79.8 cm³/mol. The summed E-state index contributed by atoms with van der Waals surface area (Å²) in [7, 11) is 0. The molecule has 98 valence electrons. The topological polar surface area (TPSA) is 67.3 Å². The van der Waals surface area contributed by atoms with E-state index in [1.54, 1.807) is 0 Å². The zero-order valence-corrected chi connectivity index (χ0v) is 10.7. The molecule has 1 aliphatic heterocycles. The van der Waals surface area contributed by atoms with Crippen molar-refractivity contribution in [2.75, 3.05) is 29.6 Å². The van der Waals surface area contributed by atoms with Gasteiger partial charge in [0.1, 0.15) is 0 Å². The number of hydrogen-bond acceptors (Lipinski definition) is 4. The highest BCUT2D eigenvalue weighted by Gasteiger charge is 2.23. The summed E-state index contributed by atoms with van der Waals surface area (Å²) in [6.07, 6.45) is 0. The molecule has 1 saturated heterocycles. The summed E-state index contributed by atoms with van der Waals surface area (Å²) in [6.45, 7) is 1.89. The van der Waals surface area contributed by atoms with Crippen LogP contribution in [0.2, 0.25) is 0 Å². The molecule has 0 radical (unpaired) electrons. The van der Waals surface area contributed by atoms with Crippen molar-refractivity contribution < 1.29 is 0 Å². The van der Waals surface area contributed by atoms with Gasteiger partial charge in [0.15, 0.2) is 0 Å². The van der Waals surface area contributed by atoms with E-state index in [-0.39, 0.29) is 0 Å². The number of nitrogen functional groups attached to an aromatic ring is 2. The molecule has 4 nitrogen and oxygen atoms in total. The summed E-state index contributed by atoms with van der Waals surface area (Å²) in [4.78, 5) is 0. The molecule has 0 spiro atoms. The molecule has 1 heterocycles. The molecule has 0 aliphatic carbocycles. The first kappa shape index (κ1) is 11.9. The van der Waals surface area contributed by atoms with Crippen molar-refractivity contribution >= 4 is 17.1 Å². The average Bonchev–Trinajstić information content (AvgIpc) is 2.90. The maximum absolute atomic E-state index is 5.72. The highest BCUT2D eigenvalue weighted by Crippen LogP contribution is 2.25. The molecule has 0 amide bonds. The van der Waals surface area contributed by atoms with Crippen molar-refractivity contribution in [3.63, 3.8) is 0 Å². The SMILES string of the molecule is Nc1ccc(C2CNN(c3ccc(N)cc3)C2)cc1. The van der Waals surface area contributed by atoms with Gasteiger partial charge in [-0.05, 0) is 42.0 Å². The van der Waals surface area contributed by atoms with Crippen molar-refractivity contribution in [2.24, 2.45) is 0 Å². The van der Waals surface area contributed by atoms with Crippen molar-refractivity contribution in [1.29, 1.82) is 0 Å². The number of nitrogens with two attached hydrogens (primary N) is 2. The first-order valence-corrected chi connectivity index (χ1v) is 6.44. The molecule has 0 saturated carbocycles. The van der Waals surface area contributed by atoms with Gasteiger partial charge in [0.2, 0.25) is 0 Å². The van der Waals surface area contributed by atoms with Crippen LogP contribution < -0.4 is 21.9 Å². The lowest BCUT2D eigenvalue weighted by atomic mass is 10.00. The molecular formula is C15H18N4. The van der Waals surface area contributed by atoms with Crippen molar-refractivity contribution in [3.8, 4) is 0 Å². The van der Waals surface area contributed by atoms with Gasteiger partial charge in [-0.25, -0.2) is 5.43 Å². The highest BCUT2D eigenvalue weighted by molar-refractivity contribution is 5.53. The number of hydrogen-bond donors (Lipinski definition) is 3. The number of hydrazine groups is 1. The molecule has 3 rings (SSSR count). The van der Waals surface area contributed by atoms with E-state index in [0.29, 0.717) is 5.92 Å². The van der Waals surface area contributed by atoms with Crippen LogP contribution in [0.5, 0.6) is 0 Å². The Morgan fingerprint density at radius 1 is 0.895 bits per heavy atom. The predicted octanol–water partition coefficient (Wildman–Crippen LogP) is 1.96. The van der Waals surface area contributed by atoms with Gasteiger partial charge >= 0.3 is 0 Å². The van der Waals surface area contributed by atoms with Gasteiger partial charge in [-0.2, -0.15) is 0 Å². The van der Waals surface area contributed by atoms with E-state index in [0.717, 1.165) is 30.2 Å². The summed E-state index contributed by atoms with van der Waals surface area (Å²) in [5.41, 5.74) is 18.9. The minimum atomic E-state index is 0.484. The van der Waals surface area contributed by atoms with E-state index in [1.807, 2.05) is 36.4 Å². The number of benzene rings is 2. The molecule has 1 fully saturated rings. The monoisotopic (exact) mass is 254 g/mol. The van der Waals surface area contributed by atoms with E-state index in [9.17, 15) is 0 Å². The first-order valence-electron chi connectivity index (χ1n) is 6.44. The van der Waals surface area contributed by atoms with Gasteiger partial charge in [-0.15, -0.1) is 0 Å². The summed E-state index contributed by atoms with van der Waals surface area (Å²) < 4.78 is 0. The average molecular weight is 254 g/mol. The lowest BCUT2D eigenvalue weighted by Crippen LogP contribution is -2.30. The molecule has 0 aromatic heterocycles. The summed E-state index contributed by atoms with van der Waals surface area (Å²) in [5.74, 6) is 0.484. The summed E-state index contributed by atoms with van der Waals surface area (Å²) in [5, 5.41) is 2.17. The number of nitrogens with one attached hydrogen (secondary N) is 1. The first-order chi connectivity index (χ1) is 9.22. The van der Waals surface area contributed by atoms with Crippen LogP contribution in [0.4, 0.5) is 17.1 Å². The van der Waals surface area contributed by atoms with Crippen LogP contribution >= 0.6 is 0 Å². The smallest absolute Gasteiger partial charge is 0.0521 e. The molecule has 19 heavy (non-hydrogen) atoms. The van der Waals surface area contributed by atoms with Gasteiger partial charge in [0.05, 0.1) is 5.69 Å². The molecule has 4 heteroatoms. The molecule has 2 aromatic rings. The fraction of sp³-hybridized carbons (Fsp3) is 0.200. The second-order valence-electron chi connectivity index (χ2n) is 4.93. The van der Waals surface area contributed by atoms with E-state index < -0.39 is 0 Å². The Labute approximate surface area is 113 Å². The van der Waals surface area contributed by atoms with E-state index >= 15 is 0 Å². The third-order valence-electron chi connectivity index (χ3n) is 3.54. The van der Waals surface area contributed by atoms with E-state index in [4.69, 9.17) is 11.5 Å². The second kappa shape index (κ2) is 4.82. The summed E-state index contributed by atoms with van der Waals surface area (Å²) >= 11 is 0. The zero-order valence-electron chi connectivity index (χ0n) is 10.7. The number of rotatable bonds is 2. The van der Waals surface area contributed by atoms with Crippen LogP contribution in [-0.4, -0.2) is 13.1 Å². The third kappa shape index (κ3) is 2.48. The molecule has 0 bridgehead atoms. The fourth-order valence-electron chi connectivity index (χ4n) is 2.41. The molecule has 1 atom stereocenters. The van der Waals surface area contributed by atoms with E-state index in [2.05, 4.69) is 22.6 Å². The van der Waals surface area contributed by atoms with Gasteiger partial charge in [-0.3, -0.25) is 0 Å². The molecule has 1 aliphatic rings. The fourth-order valence-corrected chi connectivity index (χ4v) is 2.41. The minimum absolute atomic E-state index is 0.484. The van der Waals surface area contributed by atoms with Crippen LogP contribution in [-0.2, 0) is 0 Å². The molecule has 5 N–H and O–H groups in total. The lowest BCUT2D eigenvalue weighted by Gasteiger charge is -2.18. The Hall–Kier alpha value is -2.20. The standard InChI is InChI=1S/C15H18N4/c16-13-3-1-11(2-4-13)12-9-18-19(10-12)15-7-5-14(17)6-8-15/h1-8,12,18H,9-10,16-17H2. The van der Waals surface area contributed by atoms with Crippen molar-refractivity contribution in [2.45, 2.75) is 5.92 Å². The van der Waals surface area contributed by atoms with Gasteiger partial charge in [-0.1, -0.05) is 12.1 Å². The Bertz CT molecular complexity index is 496. The zero-order chi connectivity index (χ0) is 13.2.